The summed E-state index contributed by atoms with van der Waals surface area (Å²) >= 11 is 0. The van der Waals surface area contributed by atoms with Gasteiger partial charge in [-0.2, -0.15) is 5.10 Å². The molecule has 0 radical (unpaired) electrons. The van der Waals surface area contributed by atoms with E-state index in [9.17, 15) is 13.2 Å². The number of carbonyl (C=O) groups excluding carboxylic acids is 1. The first-order chi connectivity index (χ1) is 15.7. The monoisotopic (exact) mass is 467 g/mol. The minimum absolute atomic E-state index is 0.0824. The predicted octanol–water partition coefficient (Wildman–Crippen LogP) is 3.70. The third-order valence-corrected chi connectivity index (χ3v) is 8.86. The lowest BCUT2D eigenvalue weighted by Gasteiger charge is -2.28. The highest BCUT2D eigenvalue weighted by Crippen LogP contribution is 2.49. The maximum absolute atomic E-state index is 12.9. The highest BCUT2D eigenvalue weighted by atomic mass is 32.2. The first-order valence-electron chi connectivity index (χ1n) is 11.5. The lowest BCUT2D eigenvalue weighted by molar-refractivity contribution is 0.102. The van der Waals surface area contributed by atoms with Crippen LogP contribution in [0.25, 0.3) is 5.65 Å². The summed E-state index contributed by atoms with van der Waals surface area (Å²) in [6.07, 6.45) is 6.40. The van der Waals surface area contributed by atoms with Crippen molar-refractivity contribution in [2.75, 3.05) is 5.32 Å². The van der Waals surface area contributed by atoms with Gasteiger partial charge in [-0.05, 0) is 82.1 Å². The zero-order valence-electron chi connectivity index (χ0n) is 19.1. The van der Waals surface area contributed by atoms with Crippen LogP contribution in [0.5, 0.6) is 0 Å². The first kappa shape index (κ1) is 22.0. The van der Waals surface area contributed by atoms with Crippen LogP contribution in [0.3, 0.4) is 0 Å². The molecule has 2 fully saturated rings. The molecule has 4 atom stereocenters. The van der Waals surface area contributed by atoms with Crippen LogP contribution in [-0.2, 0) is 10.0 Å². The van der Waals surface area contributed by atoms with Gasteiger partial charge in [0.15, 0.2) is 5.65 Å². The van der Waals surface area contributed by atoms with Crippen molar-refractivity contribution in [1.29, 1.82) is 0 Å². The lowest BCUT2D eigenvalue weighted by Crippen LogP contribution is -2.40. The molecule has 2 aliphatic rings. The number of carbonyl (C=O) groups is 1. The average Bonchev–Trinajstić information content (AvgIpc) is 3.49. The second kappa shape index (κ2) is 8.22. The van der Waals surface area contributed by atoms with Gasteiger partial charge in [0.05, 0.1) is 21.8 Å². The van der Waals surface area contributed by atoms with E-state index >= 15 is 0 Å². The number of benzene rings is 1. The van der Waals surface area contributed by atoms with Crippen LogP contribution in [-0.4, -0.2) is 35.0 Å². The SMILES string of the molecule is Cc1cc2ncc(C(=O)Nc3ccc(S(=O)(=O)N[C@H](C)[C@H]4C[C@H]5CC[C@H]4C5)cc3)c(C)n2n1. The van der Waals surface area contributed by atoms with Crippen molar-refractivity contribution >= 4 is 27.3 Å². The molecule has 2 aromatic heterocycles. The van der Waals surface area contributed by atoms with E-state index in [-0.39, 0.29) is 16.8 Å². The summed E-state index contributed by atoms with van der Waals surface area (Å²) in [5.41, 5.74) is 3.11. The number of sulfonamides is 1. The van der Waals surface area contributed by atoms with Gasteiger partial charge < -0.3 is 5.32 Å². The fourth-order valence-corrected chi connectivity index (χ4v) is 6.90. The zero-order chi connectivity index (χ0) is 23.3. The third kappa shape index (κ3) is 4.15. The number of hydrogen-bond acceptors (Lipinski definition) is 5. The molecule has 0 unspecified atom stereocenters. The molecule has 5 rings (SSSR count). The molecule has 2 saturated carbocycles. The molecule has 0 aliphatic heterocycles. The van der Waals surface area contributed by atoms with Gasteiger partial charge in [0, 0.05) is 24.0 Å². The molecule has 3 aromatic rings. The molecular formula is C24H29N5O3S. The number of aryl methyl sites for hydroxylation is 2. The van der Waals surface area contributed by atoms with Crippen LogP contribution < -0.4 is 10.0 Å². The van der Waals surface area contributed by atoms with Gasteiger partial charge in [-0.25, -0.2) is 22.6 Å². The van der Waals surface area contributed by atoms with E-state index in [2.05, 4.69) is 20.1 Å². The molecular weight excluding hydrogens is 438 g/mol. The Kier molecular flexibility index (Phi) is 5.49. The smallest absolute Gasteiger partial charge is 0.259 e. The molecule has 8 nitrogen and oxygen atoms in total. The van der Waals surface area contributed by atoms with E-state index < -0.39 is 10.0 Å². The minimum Gasteiger partial charge on any atom is -0.322 e. The summed E-state index contributed by atoms with van der Waals surface area (Å²) in [4.78, 5) is 17.3. The second-order valence-electron chi connectivity index (χ2n) is 9.54. The molecule has 9 heteroatoms. The van der Waals surface area contributed by atoms with Gasteiger partial charge in [0.25, 0.3) is 5.91 Å². The molecule has 1 aromatic carbocycles. The topological polar surface area (TPSA) is 105 Å². The Morgan fingerprint density at radius 1 is 1.15 bits per heavy atom. The Morgan fingerprint density at radius 2 is 1.91 bits per heavy atom. The molecule has 0 spiro atoms. The Labute approximate surface area is 193 Å². The van der Waals surface area contributed by atoms with Crippen LogP contribution in [0.2, 0.25) is 0 Å². The third-order valence-electron chi connectivity index (χ3n) is 7.29. The number of anilines is 1. The summed E-state index contributed by atoms with van der Waals surface area (Å²) in [6, 6.07) is 8.02. The van der Waals surface area contributed by atoms with Gasteiger partial charge >= 0.3 is 0 Å². The van der Waals surface area contributed by atoms with Crippen molar-refractivity contribution in [1.82, 2.24) is 19.3 Å². The number of hydrogen-bond donors (Lipinski definition) is 2. The first-order valence-corrected chi connectivity index (χ1v) is 13.0. The molecule has 1 amide bonds. The summed E-state index contributed by atoms with van der Waals surface area (Å²) in [6.45, 7) is 5.66. The van der Waals surface area contributed by atoms with E-state index in [0.29, 0.717) is 34.4 Å². The highest BCUT2D eigenvalue weighted by Gasteiger charge is 2.42. The Hall–Kier alpha value is -2.78. The van der Waals surface area contributed by atoms with Crippen LogP contribution in [0.15, 0.2) is 41.4 Å². The second-order valence-corrected chi connectivity index (χ2v) is 11.3. The molecule has 2 aliphatic carbocycles. The van der Waals surface area contributed by atoms with Crippen molar-refractivity contribution in [2.24, 2.45) is 17.8 Å². The Bertz CT molecular complexity index is 1320. The summed E-state index contributed by atoms with van der Waals surface area (Å²) in [5.74, 6) is 1.51. The highest BCUT2D eigenvalue weighted by molar-refractivity contribution is 7.89. The molecule has 2 heterocycles. The van der Waals surface area contributed by atoms with Crippen molar-refractivity contribution in [3.05, 3.63) is 53.5 Å². The predicted molar refractivity (Wildman–Crippen MR) is 126 cm³/mol. The van der Waals surface area contributed by atoms with Crippen LogP contribution >= 0.6 is 0 Å². The Balaban J connectivity index is 1.27. The number of amides is 1. The molecule has 174 valence electrons. The van der Waals surface area contributed by atoms with Gasteiger partial charge in [-0.3, -0.25) is 4.79 Å². The standard InChI is InChI=1S/C24H29N5O3S/c1-14-10-23-25-13-22(16(3)29(23)27-14)24(30)26-19-6-8-20(9-7-19)33(31,32)28-15(2)21-12-17-4-5-18(21)11-17/h6-10,13,15,17-18,21,28H,4-5,11-12H2,1-3H3,(H,26,30)/t15-,17+,18+,21-/m1/s1. The summed E-state index contributed by atoms with van der Waals surface area (Å²) < 4.78 is 30.4. The van der Waals surface area contributed by atoms with Crippen molar-refractivity contribution < 1.29 is 13.2 Å². The zero-order valence-corrected chi connectivity index (χ0v) is 19.9. The maximum Gasteiger partial charge on any atom is 0.259 e. The van der Waals surface area contributed by atoms with Gasteiger partial charge in [-0.1, -0.05) is 6.42 Å². The van der Waals surface area contributed by atoms with E-state index in [0.717, 1.165) is 18.0 Å². The van der Waals surface area contributed by atoms with E-state index in [1.807, 2.05) is 26.8 Å². The number of nitrogens with one attached hydrogen (secondary N) is 2. The maximum atomic E-state index is 12.9. The van der Waals surface area contributed by atoms with Crippen LogP contribution in [0.4, 0.5) is 5.69 Å². The lowest BCUT2D eigenvalue weighted by atomic mass is 9.84. The largest absolute Gasteiger partial charge is 0.322 e. The summed E-state index contributed by atoms with van der Waals surface area (Å²) in [5, 5.41) is 7.18. The Morgan fingerprint density at radius 3 is 2.58 bits per heavy atom. The fourth-order valence-electron chi connectivity index (χ4n) is 5.61. The van der Waals surface area contributed by atoms with Gasteiger partial charge in [-0.15, -0.1) is 0 Å². The van der Waals surface area contributed by atoms with E-state index in [1.165, 1.54) is 37.6 Å². The summed E-state index contributed by atoms with van der Waals surface area (Å²) in [7, 11) is -3.62. The minimum atomic E-state index is -3.62. The molecule has 33 heavy (non-hydrogen) atoms. The quantitative estimate of drug-likeness (QED) is 0.575. The fraction of sp³-hybridized carbons (Fsp3) is 0.458. The number of rotatable bonds is 6. The van der Waals surface area contributed by atoms with Crippen LogP contribution in [0.1, 0.15) is 54.4 Å². The van der Waals surface area contributed by atoms with Gasteiger partial charge in [0.1, 0.15) is 0 Å². The number of nitrogens with zero attached hydrogens (tertiary/aromatic N) is 3. The molecule has 0 saturated heterocycles. The van der Waals surface area contributed by atoms with E-state index in [1.54, 1.807) is 16.6 Å². The average molecular weight is 468 g/mol. The van der Waals surface area contributed by atoms with Crippen molar-refractivity contribution in [3.8, 4) is 0 Å². The number of fused-ring (bicyclic) bond motifs is 3. The number of aromatic nitrogens is 3. The van der Waals surface area contributed by atoms with Crippen LogP contribution in [0, 0.1) is 31.6 Å². The normalized spacial score (nSPS) is 23.2. The van der Waals surface area contributed by atoms with Crippen molar-refractivity contribution in [2.45, 2.75) is 57.4 Å². The molecule has 2 bridgehead atoms. The van der Waals surface area contributed by atoms with Crippen molar-refractivity contribution in [3.63, 3.8) is 0 Å². The molecule has 2 N–H and O–H groups in total. The van der Waals surface area contributed by atoms with E-state index in [4.69, 9.17) is 0 Å². The van der Waals surface area contributed by atoms with Gasteiger partial charge in [0.2, 0.25) is 10.0 Å².